The molecule has 2 aromatic rings. The Morgan fingerprint density at radius 2 is 2.00 bits per heavy atom. The fourth-order valence-corrected chi connectivity index (χ4v) is 3.50. The van der Waals surface area contributed by atoms with E-state index in [-0.39, 0.29) is 29.5 Å². The molecule has 0 saturated heterocycles. The molecule has 0 aliphatic heterocycles. The van der Waals surface area contributed by atoms with Crippen LogP contribution in [-0.2, 0) is 16.1 Å². The van der Waals surface area contributed by atoms with Crippen LogP contribution in [0.4, 0.5) is 0 Å². The number of halogens is 1. The molecule has 21 heavy (non-hydrogen) atoms. The van der Waals surface area contributed by atoms with Gasteiger partial charge < -0.3 is 10.5 Å². The average molecular weight is 432 g/mol. The van der Waals surface area contributed by atoms with E-state index in [0.29, 0.717) is 6.54 Å². The Hall–Kier alpha value is -1.21. The molecule has 0 radical (unpaired) electrons. The highest BCUT2D eigenvalue weighted by molar-refractivity contribution is 14.0. The summed E-state index contributed by atoms with van der Waals surface area (Å²) in [5.74, 6) is -0.621. The smallest absolute Gasteiger partial charge is 0.348 e. The van der Waals surface area contributed by atoms with Crippen molar-refractivity contribution in [1.82, 2.24) is 0 Å². The third kappa shape index (κ3) is 4.38. The Balaban J connectivity index is 0.00000220. The van der Waals surface area contributed by atoms with Crippen LogP contribution in [0.1, 0.15) is 9.75 Å². The van der Waals surface area contributed by atoms with Crippen molar-refractivity contribution >= 4 is 58.7 Å². The van der Waals surface area contributed by atoms with Gasteiger partial charge in [-0.05, 0) is 30.3 Å². The number of hydrogen-bond donors (Lipinski definition) is 1. The normalized spacial score (nSPS) is 10.6. The molecule has 110 valence electrons. The van der Waals surface area contributed by atoms with Gasteiger partial charge in [0, 0.05) is 26.1 Å². The quantitative estimate of drug-likeness (QED) is 0.347. The van der Waals surface area contributed by atoms with E-state index >= 15 is 0 Å². The van der Waals surface area contributed by atoms with E-state index in [2.05, 4.69) is 4.74 Å². The zero-order chi connectivity index (χ0) is 14.5. The van der Waals surface area contributed by atoms with Crippen molar-refractivity contribution in [3.63, 3.8) is 0 Å². The molecule has 0 aromatic carbocycles. The molecule has 0 atom stereocenters. The van der Waals surface area contributed by atoms with Crippen molar-refractivity contribution in [2.45, 2.75) is 6.54 Å². The number of esters is 1. The summed E-state index contributed by atoms with van der Waals surface area (Å²) in [7, 11) is 1.26. The van der Waals surface area contributed by atoms with Gasteiger partial charge in [-0.15, -0.1) is 46.7 Å². The SMILES string of the molecule is COC(=O)C(C#N)=Cc1ccc(-c2ccc(CN)s2)s1.I. The molecule has 0 bridgehead atoms. The summed E-state index contributed by atoms with van der Waals surface area (Å²) < 4.78 is 4.55. The van der Waals surface area contributed by atoms with Gasteiger partial charge >= 0.3 is 5.97 Å². The third-order valence-electron chi connectivity index (χ3n) is 2.54. The minimum atomic E-state index is -0.621. The molecule has 0 fully saturated rings. The Morgan fingerprint density at radius 3 is 2.57 bits per heavy atom. The van der Waals surface area contributed by atoms with Crippen molar-refractivity contribution in [1.29, 1.82) is 5.26 Å². The largest absolute Gasteiger partial charge is 0.465 e. The molecule has 0 spiro atoms. The molecule has 2 heterocycles. The maximum atomic E-state index is 11.3. The second-order valence-electron chi connectivity index (χ2n) is 3.83. The summed E-state index contributed by atoms with van der Waals surface area (Å²) in [6.07, 6.45) is 1.54. The Labute approximate surface area is 147 Å². The molecular formula is C14H13IN2O2S2. The predicted octanol–water partition coefficient (Wildman–Crippen LogP) is 3.63. The zero-order valence-electron chi connectivity index (χ0n) is 11.2. The first-order valence-corrected chi connectivity index (χ1v) is 7.40. The van der Waals surface area contributed by atoms with Crippen LogP contribution in [0.3, 0.4) is 0 Å². The molecule has 0 unspecified atom stereocenters. The lowest BCUT2D eigenvalue weighted by Gasteiger charge is -1.94. The number of methoxy groups -OCH3 is 1. The number of carbonyl (C=O) groups excluding carboxylic acids is 1. The number of nitrogens with two attached hydrogens (primary N) is 1. The molecule has 2 N–H and O–H groups in total. The van der Waals surface area contributed by atoms with Gasteiger partial charge in [-0.2, -0.15) is 5.26 Å². The van der Waals surface area contributed by atoms with Gasteiger partial charge in [0.1, 0.15) is 11.6 Å². The fourth-order valence-electron chi connectivity index (χ4n) is 1.57. The van der Waals surface area contributed by atoms with E-state index in [1.54, 1.807) is 11.3 Å². The third-order valence-corrected chi connectivity index (χ3v) is 4.88. The van der Waals surface area contributed by atoms with E-state index in [0.717, 1.165) is 19.5 Å². The molecule has 0 saturated carbocycles. The standard InChI is InChI=1S/C14H12N2O2S2.HI/c1-18-14(17)9(7-15)6-10-2-4-12(19-10)13-5-3-11(8-16)20-13;/h2-6H,8,16H2,1H3;1H. The van der Waals surface area contributed by atoms with Crippen LogP contribution in [0.2, 0.25) is 0 Å². The van der Waals surface area contributed by atoms with E-state index in [1.165, 1.54) is 24.5 Å². The van der Waals surface area contributed by atoms with Gasteiger partial charge in [-0.25, -0.2) is 4.79 Å². The van der Waals surface area contributed by atoms with Gasteiger partial charge in [0.2, 0.25) is 0 Å². The number of nitrogens with zero attached hydrogens (tertiary/aromatic N) is 1. The van der Waals surface area contributed by atoms with Crippen LogP contribution >= 0.6 is 46.7 Å². The number of nitriles is 1. The summed E-state index contributed by atoms with van der Waals surface area (Å²) in [4.78, 5) is 15.5. The molecule has 2 rings (SSSR count). The molecule has 7 heteroatoms. The maximum absolute atomic E-state index is 11.3. The predicted molar refractivity (Wildman–Crippen MR) is 96.5 cm³/mol. The minimum Gasteiger partial charge on any atom is -0.465 e. The molecule has 0 aliphatic rings. The number of ether oxygens (including phenoxy) is 1. The Kier molecular flexibility index (Phi) is 7.04. The van der Waals surface area contributed by atoms with Gasteiger partial charge in [-0.1, -0.05) is 0 Å². The first kappa shape index (κ1) is 17.8. The van der Waals surface area contributed by atoms with Crippen LogP contribution in [0.25, 0.3) is 15.8 Å². The van der Waals surface area contributed by atoms with Crippen LogP contribution in [0.15, 0.2) is 29.8 Å². The number of carbonyl (C=O) groups is 1. The maximum Gasteiger partial charge on any atom is 0.348 e. The van der Waals surface area contributed by atoms with Gasteiger partial charge in [0.05, 0.1) is 7.11 Å². The lowest BCUT2D eigenvalue weighted by molar-refractivity contribution is -0.135. The first-order chi connectivity index (χ1) is 9.67. The molecular weight excluding hydrogens is 419 g/mol. The highest BCUT2D eigenvalue weighted by Gasteiger charge is 2.10. The van der Waals surface area contributed by atoms with Crippen molar-refractivity contribution < 1.29 is 9.53 Å². The summed E-state index contributed by atoms with van der Waals surface area (Å²) >= 11 is 3.16. The zero-order valence-corrected chi connectivity index (χ0v) is 15.1. The van der Waals surface area contributed by atoms with Crippen LogP contribution in [0.5, 0.6) is 0 Å². The second-order valence-corrected chi connectivity index (χ2v) is 6.12. The van der Waals surface area contributed by atoms with E-state index in [9.17, 15) is 4.79 Å². The second kappa shape index (κ2) is 8.29. The summed E-state index contributed by atoms with van der Waals surface area (Å²) in [6, 6.07) is 9.72. The van der Waals surface area contributed by atoms with Crippen molar-refractivity contribution in [3.8, 4) is 15.8 Å². The van der Waals surface area contributed by atoms with Gasteiger partial charge in [0.15, 0.2) is 0 Å². The van der Waals surface area contributed by atoms with Crippen LogP contribution in [-0.4, -0.2) is 13.1 Å². The van der Waals surface area contributed by atoms with Crippen LogP contribution < -0.4 is 5.73 Å². The average Bonchev–Trinajstić information content (AvgIpc) is 3.12. The molecule has 2 aromatic heterocycles. The van der Waals surface area contributed by atoms with Gasteiger partial charge in [0.25, 0.3) is 0 Å². The van der Waals surface area contributed by atoms with Crippen molar-refractivity contribution in [2.75, 3.05) is 7.11 Å². The molecule has 4 nitrogen and oxygen atoms in total. The lowest BCUT2D eigenvalue weighted by atomic mass is 10.2. The summed E-state index contributed by atoms with van der Waals surface area (Å²) in [6.45, 7) is 0.531. The number of rotatable bonds is 4. The van der Waals surface area contributed by atoms with Crippen LogP contribution in [0, 0.1) is 11.3 Å². The van der Waals surface area contributed by atoms with Crippen molar-refractivity contribution in [3.05, 3.63) is 39.6 Å². The molecule has 0 aliphatic carbocycles. The highest BCUT2D eigenvalue weighted by Crippen LogP contribution is 2.34. The Morgan fingerprint density at radius 1 is 1.33 bits per heavy atom. The van der Waals surface area contributed by atoms with Crippen molar-refractivity contribution in [2.24, 2.45) is 5.73 Å². The first-order valence-electron chi connectivity index (χ1n) is 5.77. The van der Waals surface area contributed by atoms with E-state index in [1.807, 2.05) is 30.3 Å². The summed E-state index contributed by atoms with van der Waals surface area (Å²) in [5, 5.41) is 8.92. The molecule has 0 amide bonds. The lowest BCUT2D eigenvalue weighted by Crippen LogP contribution is -2.02. The van der Waals surface area contributed by atoms with E-state index in [4.69, 9.17) is 11.0 Å². The number of hydrogen-bond acceptors (Lipinski definition) is 6. The Bertz CT molecular complexity index is 698. The number of thiophene rings is 2. The van der Waals surface area contributed by atoms with E-state index < -0.39 is 5.97 Å². The van der Waals surface area contributed by atoms with Gasteiger partial charge in [-0.3, -0.25) is 0 Å². The highest BCUT2D eigenvalue weighted by atomic mass is 127. The minimum absolute atomic E-state index is 0. The topological polar surface area (TPSA) is 76.1 Å². The monoisotopic (exact) mass is 432 g/mol. The fraction of sp³-hybridized carbons (Fsp3) is 0.143. The summed E-state index contributed by atoms with van der Waals surface area (Å²) in [5.41, 5.74) is 5.59.